The smallest absolute Gasteiger partial charge is 0.270 e. The van der Waals surface area contributed by atoms with Gasteiger partial charge in [-0.05, 0) is 25.3 Å². The quantitative estimate of drug-likeness (QED) is 0.824. The van der Waals surface area contributed by atoms with Gasteiger partial charge in [0.25, 0.3) is 5.91 Å². The molecular formula is C15H27N3O. The molecule has 1 heterocycles. The zero-order chi connectivity index (χ0) is 14.4. The molecule has 1 unspecified atom stereocenters. The summed E-state index contributed by atoms with van der Waals surface area (Å²) in [6, 6.07) is 1.79. The average molecular weight is 265 g/mol. The van der Waals surface area contributed by atoms with E-state index < -0.39 is 0 Å². The van der Waals surface area contributed by atoms with Crippen LogP contribution in [0.4, 0.5) is 5.69 Å². The summed E-state index contributed by atoms with van der Waals surface area (Å²) in [5.74, 6) is 0.615. The second-order valence-corrected chi connectivity index (χ2v) is 5.21. The molecule has 4 heteroatoms. The molecule has 1 atom stereocenters. The summed E-state index contributed by atoms with van der Waals surface area (Å²) < 4.78 is 1.97. The van der Waals surface area contributed by atoms with Crippen LogP contribution in [-0.4, -0.2) is 28.5 Å². The fourth-order valence-corrected chi connectivity index (χ4v) is 2.16. The highest BCUT2D eigenvalue weighted by Crippen LogP contribution is 2.15. The standard InChI is InChI=1S/C15H27N3O/c1-5-8-18-11-13(16)9-14(18)15(19)17(7-3)10-12(4)6-2/h9,11-12H,5-8,10,16H2,1-4H3. The summed E-state index contributed by atoms with van der Waals surface area (Å²) in [6.45, 7) is 10.8. The lowest BCUT2D eigenvalue weighted by atomic mass is 10.1. The second-order valence-electron chi connectivity index (χ2n) is 5.21. The van der Waals surface area contributed by atoms with E-state index in [0.29, 0.717) is 17.3 Å². The summed E-state index contributed by atoms with van der Waals surface area (Å²) in [5, 5.41) is 0. The van der Waals surface area contributed by atoms with Crippen molar-refractivity contribution < 1.29 is 4.79 Å². The summed E-state index contributed by atoms with van der Waals surface area (Å²) in [6.07, 6.45) is 3.93. The zero-order valence-corrected chi connectivity index (χ0v) is 12.6. The predicted molar refractivity (Wildman–Crippen MR) is 80.2 cm³/mol. The zero-order valence-electron chi connectivity index (χ0n) is 12.6. The minimum absolute atomic E-state index is 0.0907. The van der Waals surface area contributed by atoms with Crippen molar-refractivity contribution in [2.75, 3.05) is 18.8 Å². The van der Waals surface area contributed by atoms with Gasteiger partial charge in [-0.25, -0.2) is 0 Å². The number of rotatable bonds is 7. The van der Waals surface area contributed by atoms with E-state index in [4.69, 9.17) is 5.73 Å². The Morgan fingerprint density at radius 3 is 2.63 bits per heavy atom. The van der Waals surface area contributed by atoms with E-state index in [0.717, 1.165) is 32.5 Å². The molecule has 0 radical (unpaired) electrons. The summed E-state index contributed by atoms with van der Waals surface area (Å²) in [5.41, 5.74) is 7.20. The Bertz CT molecular complexity index is 412. The van der Waals surface area contributed by atoms with E-state index in [1.165, 1.54) is 0 Å². The topological polar surface area (TPSA) is 51.3 Å². The fraction of sp³-hybridized carbons (Fsp3) is 0.667. The molecule has 1 aromatic rings. The van der Waals surface area contributed by atoms with Crippen molar-refractivity contribution >= 4 is 11.6 Å². The average Bonchev–Trinajstić information content (AvgIpc) is 2.76. The van der Waals surface area contributed by atoms with Gasteiger partial charge in [0, 0.05) is 25.8 Å². The van der Waals surface area contributed by atoms with Gasteiger partial charge in [-0.1, -0.05) is 27.2 Å². The van der Waals surface area contributed by atoms with Crippen LogP contribution in [0.3, 0.4) is 0 Å². The first-order chi connectivity index (χ1) is 9.03. The molecular weight excluding hydrogens is 238 g/mol. The molecule has 0 bridgehead atoms. The summed E-state index contributed by atoms with van der Waals surface area (Å²) >= 11 is 0. The van der Waals surface area contributed by atoms with Gasteiger partial charge in [0.05, 0.1) is 5.69 Å². The van der Waals surface area contributed by atoms with Crippen LogP contribution in [0.15, 0.2) is 12.3 Å². The van der Waals surface area contributed by atoms with Gasteiger partial charge in [0.2, 0.25) is 0 Å². The van der Waals surface area contributed by atoms with Crippen LogP contribution in [0.2, 0.25) is 0 Å². The van der Waals surface area contributed by atoms with Crippen LogP contribution in [0.5, 0.6) is 0 Å². The number of nitrogens with two attached hydrogens (primary N) is 1. The number of carbonyl (C=O) groups excluding carboxylic acids is 1. The number of aryl methyl sites for hydroxylation is 1. The first-order valence-corrected chi connectivity index (χ1v) is 7.28. The lowest BCUT2D eigenvalue weighted by Crippen LogP contribution is -2.35. The molecule has 108 valence electrons. The first kappa shape index (κ1) is 15.6. The Hall–Kier alpha value is -1.45. The lowest BCUT2D eigenvalue weighted by Gasteiger charge is -2.24. The molecule has 0 spiro atoms. The molecule has 1 aromatic heterocycles. The largest absolute Gasteiger partial charge is 0.397 e. The van der Waals surface area contributed by atoms with Gasteiger partial charge in [-0.2, -0.15) is 0 Å². The molecule has 0 aromatic carbocycles. The number of hydrogen-bond acceptors (Lipinski definition) is 2. The normalized spacial score (nSPS) is 12.4. The predicted octanol–water partition coefficient (Wildman–Crippen LogP) is 2.99. The van der Waals surface area contributed by atoms with Gasteiger partial charge in [0.15, 0.2) is 0 Å². The lowest BCUT2D eigenvalue weighted by molar-refractivity contribution is 0.0730. The van der Waals surface area contributed by atoms with E-state index in [9.17, 15) is 4.79 Å². The van der Waals surface area contributed by atoms with Gasteiger partial charge in [-0.3, -0.25) is 4.79 Å². The molecule has 0 saturated carbocycles. The van der Waals surface area contributed by atoms with Gasteiger partial charge >= 0.3 is 0 Å². The molecule has 2 N–H and O–H groups in total. The minimum Gasteiger partial charge on any atom is -0.397 e. The number of nitrogens with zero attached hydrogens (tertiary/aromatic N) is 2. The number of nitrogen functional groups attached to an aromatic ring is 1. The third-order valence-corrected chi connectivity index (χ3v) is 3.50. The van der Waals surface area contributed by atoms with Gasteiger partial charge in [0.1, 0.15) is 5.69 Å². The molecule has 1 rings (SSSR count). The van der Waals surface area contributed by atoms with Crippen molar-refractivity contribution in [1.82, 2.24) is 9.47 Å². The number of carbonyl (C=O) groups is 1. The number of hydrogen-bond donors (Lipinski definition) is 1. The van der Waals surface area contributed by atoms with E-state index in [1.54, 1.807) is 6.07 Å². The Balaban J connectivity index is 2.90. The van der Waals surface area contributed by atoms with Crippen molar-refractivity contribution in [1.29, 1.82) is 0 Å². The Morgan fingerprint density at radius 1 is 1.42 bits per heavy atom. The second kappa shape index (κ2) is 7.22. The third kappa shape index (κ3) is 4.01. The monoisotopic (exact) mass is 265 g/mol. The molecule has 19 heavy (non-hydrogen) atoms. The molecule has 0 saturated heterocycles. The maximum Gasteiger partial charge on any atom is 0.270 e. The van der Waals surface area contributed by atoms with Crippen LogP contribution in [0, 0.1) is 5.92 Å². The van der Waals surface area contributed by atoms with Crippen molar-refractivity contribution in [3.8, 4) is 0 Å². The molecule has 1 amide bonds. The van der Waals surface area contributed by atoms with Crippen LogP contribution in [-0.2, 0) is 6.54 Å². The van der Waals surface area contributed by atoms with Crippen LogP contribution < -0.4 is 5.73 Å². The van der Waals surface area contributed by atoms with Crippen LogP contribution >= 0.6 is 0 Å². The Kier molecular flexibility index (Phi) is 5.93. The summed E-state index contributed by atoms with van der Waals surface area (Å²) in [7, 11) is 0. The minimum atomic E-state index is 0.0907. The highest BCUT2D eigenvalue weighted by atomic mass is 16.2. The van der Waals surface area contributed by atoms with Crippen molar-refractivity contribution in [2.45, 2.75) is 47.1 Å². The fourth-order valence-electron chi connectivity index (χ4n) is 2.16. The number of anilines is 1. The third-order valence-electron chi connectivity index (χ3n) is 3.50. The highest BCUT2D eigenvalue weighted by molar-refractivity contribution is 5.93. The van der Waals surface area contributed by atoms with E-state index in [1.807, 2.05) is 22.6 Å². The van der Waals surface area contributed by atoms with Crippen molar-refractivity contribution in [3.05, 3.63) is 18.0 Å². The Labute approximate surface area is 116 Å². The maximum atomic E-state index is 12.6. The first-order valence-electron chi connectivity index (χ1n) is 7.28. The van der Waals surface area contributed by atoms with Crippen LogP contribution in [0.25, 0.3) is 0 Å². The molecule has 0 fully saturated rings. The van der Waals surface area contributed by atoms with E-state index in [-0.39, 0.29) is 5.91 Å². The van der Waals surface area contributed by atoms with Crippen LogP contribution in [0.1, 0.15) is 51.0 Å². The maximum absolute atomic E-state index is 12.6. The number of aromatic nitrogens is 1. The molecule has 4 nitrogen and oxygen atoms in total. The van der Waals surface area contributed by atoms with Gasteiger partial charge < -0.3 is 15.2 Å². The Morgan fingerprint density at radius 2 is 2.11 bits per heavy atom. The molecule has 0 aliphatic carbocycles. The van der Waals surface area contributed by atoms with Gasteiger partial charge in [-0.15, -0.1) is 0 Å². The van der Waals surface area contributed by atoms with E-state index >= 15 is 0 Å². The van der Waals surface area contributed by atoms with Crippen molar-refractivity contribution in [3.63, 3.8) is 0 Å². The van der Waals surface area contributed by atoms with E-state index in [2.05, 4.69) is 20.8 Å². The SMILES string of the molecule is CCCn1cc(N)cc1C(=O)N(CC)CC(C)CC. The highest BCUT2D eigenvalue weighted by Gasteiger charge is 2.19. The number of amides is 1. The summed E-state index contributed by atoms with van der Waals surface area (Å²) in [4.78, 5) is 14.5. The van der Waals surface area contributed by atoms with Crippen molar-refractivity contribution in [2.24, 2.45) is 5.92 Å². The molecule has 0 aliphatic rings. The molecule has 0 aliphatic heterocycles.